The second-order valence-corrected chi connectivity index (χ2v) is 10.3. The van der Waals surface area contributed by atoms with Gasteiger partial charge in [-0.05, 0) is 23.6 Å². The molecule has 0 radical (unpaired) electrons. The fourth-order valence-electron chi connectivity index (χ4n) is 3.05. The van der Waals surface area contributed by atoms with Gasteiger partial charge < -0.3 is 30.4 Å². The molecule has 39 heavy (non-hydrogen) atoms. The van der Waals surface area contributed by atoms with E-state index in [2.05, 4.69) is 15.5 Å². The van der Waals surface area contributed by atoms with Crippen molar-refractivity contribution in [2.75, 3.05) is 43.5 Å². The normalized spacial score (nSPS) is 13.2. The summed E-state index contributed by atoms with van der Waals surface area (Å²) < 4.78 is 16.8. The van der Waals surface area contributed by atoms with E-state index in [4.69, 9.17) is 4.74 Å². The van der Waals surface area contributed by atoms with E-state index in [0.29, 0.717) is 30.1 Å². The predicted molar refractivity (Wildman–Crippen MR) is 139 cm³/mol. The first-order chi connectivity index (χ1) is 18.4. The summed E-state index contributed by atoms with van der Waals surface area (Å²) in [6, 6.07) is 6.53. The maximum absolute atomic E-state index is 12.4. The highest BCUT2D eigenvalue weighted by Gasteiger charge is 2.28. The minimum absolute atomic E-state index is 0.0129. The van der Waals surface area contributed by atoms with Gasteiger partial charge in [0, 0.05) is 53.7 Å². The zero-order chi connectivity index (χ0) is 28.9. The quantitative estimate of drug-likeness (QED) is 0.283. The zero-order valence-electron chi connectivity index (χ0n) is 21.8. The molecule has 1 unspecified atom stereocenters. The van der Waals surface area contributed by atoms with Crippen LogP contribution in [0, 0.1) is 5.92 Å². The summed E-state index contributed by atoms with van der Waals surface area (Å²) in [5.41, 5.74) is 1.12. The molecule has 0 saturated heterocycles. The van der Waals surface area contributed by atoms with Gasteiger partial charge in [-0.3, -0.25) is 23.4 Å². The number of carbonyl (C=O) groups is 6. The first-order valence-corrected chi connectivity index (χ1v) is 13.6. The minimum Gasteiger partial charge on any atom is -0.445 e. The molecule has 1 aliphatic rings. The fourth-order valence-corrected chi connectivity index (χ4v) is 3.53. The maximum Gasteiger partial charge on any atom is 0.432 e. The molecule has 6 amide bonds. The highest BCUT2D eigenvalue weighted by Crippen LogP contribution is 2.12. The van der Waals surface area contributed by atoms with Crippen LogP contribution in [0.15, 0.2) is 36.4 Å². The van der Waals surface area contributed by atoms with Gasteiger partial charge in [-0.25, -0.2) is 9.59 Å². The fraction of sp³-hybridized carbons (Fsp3) is 0.417. The topological polar surface area (TPSA) is 181 Å². The maximum atomic E-state index is 12.4. The van der Waals surface area contributed by atoms with Crippen LogP contribution in [0.5, 0.6) is 0 Å². The highest BCUT2D eigenvalue weighted by atomic mass is 32.2. The van der Waals surface area contributed by atoms with Gasteiger partial charge >= 0.3 is 12.2 Å². The van der Waals surface area contributed by atoms with Crippen LogP contribution >= 0.6 is 0 Å². The van der Waals surface area contributed by atoms with Gasteiger partial charge in [0.05, 0.1) is 6.54 Å². The first kappa shape index (κ1) is 31.0. The molecule has 212 valence electrons. The predicted octanol–water partition coefficient (Wildman–Crippen LogP) is 0.281. The van der Waals surface area contributed by atoms with E-state index in [1.807, 2.05) is 19.2 Å². The molecule has 3 N–H and O–H groups in total. The summed E-state index contributed by atoms with van der Waals surface area (Å²) in [5, 5.41) is 7.15. The molecule has 0 bridgehead atoms. The molecule has 0 saturated carbocycles. The van der Waals surface area contributed by atoms with Crippen molar-refractivity contribution in [1.82, 2.24) is 20.6 Å². The van der Waals surface area contributed by atoms with Crippen LogP contribution in [0.2, 0.25) is 0 Å². The van der Waals surface area contributed by atoms with Crippen molar-refractivity contribution >= 4 is 52.3 Å². The van der Waals surface area contributed by atoms with E-state index in [0.717, 1.165) is 12.2 Å². The number of hydrogen-bond acceptors (Lipinski definition) is 9. The van der Waals surface area contributed by atoms with E-state index >= 15 is 0 Å². The lowest BCUT2D eigenvalue weighted by Crippen LogP contribution is -2.43. The summed E-state index contributed by atoms with van der Waals surface area (Å²) in [5.74, 6) is -2.34. The van der Waals surface area contributed by atoms with Crippen LogP contribution in [-0.4, -0.2) is 88.2 Å². The molecule has 14 nitrogen and oxygen atoms in total. The monoisotopic (exact) mass is 565 g/mol. The van der Waals surface area contributed by atoms with Gasteiger partial charge in [-0.15, -0.1) is 0 Å². The Hall–Kier alpha value is -4.27. The van der Waals surface area contributed by atoms with Crippen molar-refractivity contribution < 1.29 is 42.6 Å². The second kappa shape index (κ2) is 15.2. The summed E-state index contributed by atoms with van der Waals surface area (Å²) >= 11 is 0. The van der Waals surface area contributed by atoms with Gasteiger partial charge in [0.15, 0.2) is 0 Å². The summed E-state index contributed by atoms with van der Waals surface area (Å²) in [7, 11) is -1.03. The SMILES string of the molecule is CC(C)CN(CCS(C)=O)C(=O)OCc1ccc(NC(=O)CNC(=O)CNC(=O)ON2C(=O)C=CC2=O)cc1. The third-order valence-corrected chi connectivity index (χ3v) is 5.63. The Labute approximate surface area is 227 Å². The van der Waals surface area contributed by atoms with Gasteiger partial charge in [0.1, 0.15) is 13.2 Å². The van der Waals surface area contributed by atoms with E-state index in [9.17, 15) is 33.0 Å². The molecule has 0 spiro atoms. The van der Waals surface area contributed by atoms with Crippen molar-refractivity contribution in [1.29, 1.82) is 0 Å². The molecule has 2 rings (SSSR count). The van der Waals surface area contributed by atoms with Crippen LogP contribution < -0.4 is 16.0 Å². The number of nitrogens with zero attached hydrogens (tertiary/aromatic N) is 2. The third kappa shape index (κ3) is 11.3. The van der Waals surface area contributed by atoms with Crippen molar-refractivity contribution in [3.05, 3.63) is 42.0 Å². The average Bonchev–Trinajstić information content (AvgIpc) is 3.19. The number of imide groups is 1. The number of benzene rings is 1. The highest BCUT2D eigenvalue weighted by molar-refractivity contribution is 7.84. The lowest BCUT2D eigenvalue weighted by Gasteiger charge is -2.23. The van der Waals surface area contributed by atoms with Crippen LogP contribution in [0.1, 0.15) is 19.4 Å². The van der Waals surface area contributed by atoms with Gasteiger partial charge in [-0.2, -0.15) is 0 Å². The molecule has 1 heterocycles. The molecular weight excluding hydrogens is 534 g/mol. The Morgan fingerprint density at radius 1 is 0.974 bits per heavy atom. The lowest BCUT2D eigenvalue weighted by atomic mass is 10.2. The molecule has 0 aliphatic carbocycles. The summed E-state index contributed by atoms with van der Waals surface area (Å²) in [6.07, 6.45) is 1.72. The van der Waals surface area contributed by atoms with Crippen LogP contribution in [0.25, 0.3) is 0 Å². The van der Waals surface area contributed by atoms with Crippen LogP contribution in [-0.2, 0) is 46.2 Å². The summed E-state index contributed by atoms with van der Waals surface area (Å²) in [4.78, 5) is 76.7. The molecular formula is C24H31N5O9S. The average molecular weight is 566 g/mol. The Kier molecular flexibility index (Phi) is 12.1. The van der Waals surface area contributed by atoms with Crippen molar-refractivity contribution in [2.24, 2.45) is 5.92 Å². The molecule has 1 aliphatic heterocycles. The molecule has 1 atom stereocenters. The van der Waals surface area contributed by atoms with E-state index in [-0.39, 0.29) is 17.6 Å². The molecule has 1 aromatic rings. The second-order valence-electron chi connectivity index (χ2n) is 8.73. The number of rotatable bonds is 13. The zero-order valence-corrected chi connectivity index (χ0v) is 22.6. The molecule has 0 fully saturated rings. The summed E-state index contributed by atoms with van der Waals surface area (Å²) in [6.45, 7) is 3.81. The Balaban J connectivity index is 1.70. The van der Waals surface area contributed by atoms with E-state index < -0.39 is 59.7 Å². The van der Waals surface area contributed by atoms with Gasteiger partial charge in [-0.1, -0.05) is 31.0 Å². The largest absolute Gasteiger partial charge is 0.445 e. The van der Waals surface area contributed by atoms with Crippen LogP contribution in [0.4, 0.5) is 15.3 Å². The lowest BCUT2D eigenvalue weighted by molar-refractivity contribution is -0.169. The van der Waals surface area contributed by atoms with Crippen molar-refractivity contribution in [3.63, 3.8) is 0 Å². The number of nitrogens with one attached hydrogen (secondary N) is 3. The van der Waals surface area contributed by atoms with Crippen molar-refractivity contribution in [3.8, 4) is 0 Å². The number of carbonyl (C=O) groups excluding carboxylic acids is 6. The van der Waals surface area contributed by atoms with E-state index in [1.165, 1.54) is 4.90 Å². The third-order valence-electron chi connectivity index (χ3n) is 4.87. The molecule has 1 aromatic carbocycles. The molecule has 0 aromatic heterocycles. The first-order valence-electron chi connectivity index (χ1n) is 11.8. The van der Waals surface area contributed by atoms with Crippen molar-refractivity contribution in [2.45, 2.75) is 20.5 Å². The smallest absolute Gasteiger partial charge is 0.432 e. The Bertz CT molecular complexity index is 1120. The number of ether oxygens (including phenoxy) is 1. The standard InChI is InChI=1S/C24H31N5O9S/c1-16(2)14-28(10-11-39(3)36)24(35)37-15-17-4-6-18(7-5-17)27-20(31)13-25-19(30)12-26-23(34)38-29-21(32)8-9-22(29)33/h4-9,16H,10-15H2,1-3H3,(H,25,30)(H,26,34)(H,27,31). The van der Waals surface area contributed by atoms with Crippen LogP contribution in [0.3, 0.4) is 0 Å². The van der Waals surface area contributed by atoms with E-state index in [1.54, 1.807) is 30.5 Å². The minimum atomic E-state index is -1.20. The Morgan fingerprint density at radius 2 is 1.59 bits per heavy atom. The number of hydroxylamine groups is 2. The van der Waals surface area contributed by atoms with Gasteiger partial charge in [0.25, 0.3) is 11.8 Å². The van der Waals surface area contributed by atoms with Gasteiger partial charge in [0.2, 0.25) is 11.8 Å². The Morgan fingerprint density at radius 3 is 2.18 bits per heavy atom. The number of hydrogen-bond donors (Lipinski definition) is 3. The number of anilines is 1. The number of amides is 6. The molecule has 15 heteroatoms.